The lowest BCUT2D eigenvalue weighted by atomic mass is 10.2. The molecule has 1 amide bonds. The average Bonchev–Trinajstić information content (AvgIpc) is 3.01. The maximum absolute atomic E-state index is 12.1. The van der Waals surface area contributed by atoms with Crippen LogP contribution in [0.15, 0.2) is 53.9 Å². The van der Waals surface area contributed by atoms with Gasteiger partial charge in [-0.2, -0.15) is 0 Å². The van der Waals surface area contributed by atoms with Crippen molar-refractivity contribution in [3.05, 3.63) is 85.3 Å². The first kappa shape index (κ1) is 18.0. The molecule has 0 unspecified atom stereocenters. The molecule has 0 aliphatic heterocycles. The Balaban J connectivity index is 1.61. The number of nitro benzene ring substituents is 1. The molecule has 3 rings (SSSR count). The van der Waals surface area contributed by atoms with Crippen LogP contribution in [0, 0.1) is 10.1 Å². The first-order chi connectivity index (χ1) is 12.5. The second-order valence-electron chi connectivity index (χ2n) is 5.57. The molecule has 0 aliphatic carbocycles. The molecular formula is C18H14ClN3O3S. The van der Waals surface area contributed by atoms with Gasteiger partial charge in [-0.05, 0) is 23.8 Å². The number of non-ortho nitro benzene ring substituents is 1. The zero-order valence-corrected chi connectivity index (χ0v) is 15.1. The monoisotopic (exact) mass is 387 g/mol. The minimum absolute atomic E-state index is 0.0692. The molecule has 0 atom stereocenters. The average molecular weight is 388 g/mol. The van der Waals surface area contributed by atoms with Gasteiger partial charge in [-0.1, -0.05) is 29.8 Å². The quantitative estimate of drug-likeness (QED) is 0.499. The van der Waals surface area contributed by atoms with Gasteiger partial charge in [0.1, 0.15) is 0 Å². The van der Waals surface area contributed by atoms with Crippen molar-refractivity contribution < 1.29 is 9.72 Å². The maximum atomic E-state index is 12.1. The second kappa shape index (κ2) is 8.07. The molecule has 132 valence electrons. The zero-order chi connectivity index (χ0) is 18.5. The molecule has 1 aromatic heterocycles. The number of hydrogen-bond donors (Lipinski definition) is 1. The fourth-order valence-electron chi connectivity index (χ4n) is 2.40. The smallest absolute Gasteiger partial charge is 0.271 e. The molecule has 8 heteroatoms. The van der Waals surface area contributed by atoms with Crippen molar-refractivity contribution in [1.29, 1.82) is 0 Å². The highest BCUT2D eigenvalue weighted by molar-refractivity contribution is 7.09. The largest absolute Gasteiger partial charge is 0.325 e. The Morgan fingerprint density at radius 1 is 1.23 bits per heavy atom. The van der Waals surface area contributed by atoms with Crippen LogP contribution in [0.3, 0.4) is 0 Å². The predicted octanol–water partition coefficient (Wildman–Crippen LogP) is 4.48. The van der Waals surface area contributed by atoms with Crippen LogP contribution in [0.25, 0.3) is 0 Å². The fourth-order valence-corrected chi connectivity index (χ4v) is 3.44. The standard InChI is InChI=1S/C18H14ClN3O3S/c19-13-4-1-3-12(7-13)8-18-21-15(11-26-18)10-17(23)20-14-5-2-6-16(9-14)22(24)25/h1-7,9,11H,8,10H2,(H,20,23). The number of rotatable bonds is 6. The minimum atomic E-state index is -0.502. The number of hydrogen-bond acceptors (Lipinski definition) is 5. The van der Waals surface area contributed by atoms with Crippen molar-refractivity contribution in [2.75, 3.05) is 5.32 Å². The molecule has 2 aromatic carbocycles. The molecule has 0 aliphatic rings. The number of nitrogens with zero attached hydrogens (tertiary/aromatic N) is 2. The van der Waals surface area contributed by atoms with E-state index in [1.807, 2.05) is 29.6 Å². The highest BCUT2D eigenvalue weighted by Crippen LogP contribution is 2.19. The molecule has 6 nitrogen and oxygen atoms in total. The Labute approximate surface area is 158 Å². The topological polar surface area (TPSA) is 85.1 Å². The molecule has 3 aromatic rings. The van der Waals surface area contributed by atoms with E-state index in [-0.39, 0.29) is 18.0 Å². The van der Waals surface area contributed by atoms with Crippen molar-refractivity contribution in [3.8, 4) is 0 Å². The van der Waals surface area contributed by atoms with Gasteiger partial charge in [0.25, 0.3) is 5.69 Å². The maximum Gasteiger partial charge on any atom is 0.271 e. The summed E-state index contributed by atoms with van der Waals surface area (Å²) in [5.74, 6) is -0.273. The number of halogens is 1. The molecule has 1 heterocycles. The highest BCUT2D eigenvalue weighted by Gasteiger charge is 2.11. The van der Waals surface area contributed by atoms with E-state index in [0.29, 0.717) is 22.8 Å². The SMILES string of the molecule is O=C(Cc1csc(Cc2cccc(Cl)c2)n1)Nc1cccc([N+](=O)[O-])c1. The minimum Gasteiger partial charge on any atom is -0.325 e. The summed E-state index contributed by atoms with van der Waals surface area (Å²) in [4.78, 5) is 26.9. The number of carbonyl (C=O) groups is 1. The summed E-state index contributed by atoms with van der Waals surface area (Å²) in [6.07, 6.45) is 0.756. The molecule has 0 bridgehead atoms. The summed E-state index contributed by atoms with van der Waals surface area (Å²) < 4.78 is 0. The summed E-state index contributed by atoms with van der Waals surface area (Å²) in [7, 11) is 0. The van der Waals surface area contributed by atoms with Crippen molar-refractivity contribution in [2.24, 2.45) is 0 Å². The van der Waals surface area contributed by atoms with Crippen molar-refractivity contribution in [3.63, 3.8) is 0 Å². The summed E-state index contributed by atoms with van der Waals surface area (Å²) in [5.41, 5.74) is 2.04. The van der Waals surface area contributed by atoms with Gasteiger partial charge in [0, 0.05) is 34.6 Å². The molecular weight excluding hydrogens is 374 g/mol. The van der Waals surface area contributed by atoms with E-state index in [2.05, 4.69) is 10.3 Å². The van der Waals surface area contributed by atoms with Crippen LogP contribution in [0.2, 0.25) is 5.02 Å². The lowest BCUT2D eigenvalue weighted by Crippen LogP contribution is -2.14. The number of amides is 1. The van der Waals surface area contributed by atoms with E-state index >= 15 is 0 Å². The first-order valence-electron chi connectivity index (χ1n) is 7.71. The predicted molar refractivity (Wildman–Crippen MR) is 102 cm³/mol. The van der Waals surface area contributed by atoms with Gasteiger partial charge in [-0.15, -0.1) is 11.3 Å². The molecule has 26 heavy (non-hydrogen) atoms. The van der Waals surface area contributed by atoms with E-state index in [9.17, 15) is 14.9 Å². The highest BCUT2D eigenvalue weighted by atomic mass is 35.5. The summed E-state index contributed by atoms with van der Waals surface area (Å²) in [6, 6.07) is 13.4. The van der Waals surface area contributed by atoms with Crippen LogP contribution < -0.4 is 5.32 Å². The van der Waals surface area contributed by atoms with E-state index in [0.717, 1.165) is 10.6 Å². The van der Waals surface area contributed by atoms with Gasteiger partial charge in [0.2, 0.25) is 5.91 Å². The van der Waals surface area contributed by atoms with E-state index in [1.165, 1.54) is 29.5 Å². The Morgan fingerprint density at radius 2 is 2.04 bits per heavy atom. The Hall–Kier alpha value is -2.77. The molecule has 1 N–H and O–H groups in total. The second-order valence-corrected chi connectivity index (χ2v) is 6.95. The van der Waals surface area contributed by atoms with Gasteiger partial charge >= 0.3 is 0 Å². The van der Waals surface area contributed by atoms with Crippen LogP contribution >= 0.6 is 22.9 Å². The normalized spacial score (nSPS) is 10.5. The van der Waals surface area contributed by atoms with E-state index in [1.54, 1.807) is 6.07 Å². The van der Waals surface area contributed by atoms with Crippen molar-refractivity contribution in [1.82, 2.24) is 4.98 Å². The number of carbonyl (C=O) groups excluding carboxylic acids is 1. The number of nitrogens with one attached hydrogen (secondary N) is 1. The summed E-state index contributed by atoms with van der Waals surface area (Å²) in [6.45, 7) is 0. The Kier molecular flexibility index (Phi) is 5.60. The van der Waals surface area contributed by atoms with E-state index < -0.39 is 4.92 Å². The van der Waals surface area contributed by atoms with E-state index in [4.69, 9.17) is 11.6 Å². The van der Waals surface area contributed by atoms with Gasteiger partial charge < -0.3 is 5.32 Å². The van der Waals surface area contributed by atoms with Crippen LogP contribution in [-0.2, 0) is 17.6 Å². The number of benzene rings is 2. The van der Waals surface area contributed by atoms with Gasteiger partial charge in [-0.25, -0.2) is 4.98 Å². The van der Waals surface area contributed by atoms with Crippen LogP contribution in [0.5, 0.6) is 0 Å². The fraction of sp³-hybridized carbons (Fsp3) is 0.111. The van der Waals surface area contributed by atoms with Crippen LogP contribution in [0.4, 0.5) is 11.4 Å². The summed E-state index contributed by atoms with van der Waals surface area (Å²) >= 11 is 7.46. The molecule has 0 spiro atoms. The third-order valence-corrected chi connectivity index (χ3v) is 4.66. The number of anilines is 1. The third kappa shape index (κ3) is 4.87. The van der Waals surface area contributed by atoms with Gasteiger partial charge in [0.15, 0.2) is 0 Å². The molecule has 0 saturated heterocycles. The number of thiazole rings is 1. The molecule has 0 saturated carbocycles. The number of nitro groups is 1. The van der Waals surface area contributed by atoms with Gasteiger partial charge in [-0.3, -0.25) is 14.9 Å². The van der Waals surface area contributed by atoms with Crippen LogP contribution in [0.1, 0.15) is 16.3 Å². The molecule has 0 fully saturated rings. The summed E-state index contributed by atoms with van der Waals surface area (Å²) in [5, 5.41) is 16.8. The Morgan fingerprint density at radius 3 is 2.81 bits per heavy atom. The third-order valence-electron chi connectivity index (χ3n) is 3.53. The molecule has 0 radical (unpaired) electrons. The lowest BCUT2D eigenvalue weighted by Gasteiger charge is -2.03. The van der Waals surface area contributed by atoms with Crippen LogP contribution in [-0.4, -0.2) is 15.8 Å². The Bertz CT molecular complexity index is 958. The number of aromatic nitrogens is 1. The van der Waals surface area contributed by atoms with Gasteiger partial charge in [0.05, 0.1) is 22.0 Å². The van der Waals surface area contributed by atoms with Crippen molar-refractivity contribution in [2.45, 2.75) is 12.8 Å². The zero-order valence-electron chi connectivity index (χ0n) is 13.5. The lowest BCUT2D eigenvalue weighted by molar-refractivity contribution is -0.384. The first-order valence-corrected chi connectivity index (χ1v) is 8.97. The van der Waals surface area contributed by atoms with Crippen molar-refractivity contribution >= 4 is 40.2 Å².